The van der Waals surface area contributed by atoms with Crippen LogP contribution in [0.5, 0.6) is 0 Å². The van der Waals surface area contributed by atoms with E-state index in [1.54, 1.807) is 0 Å². The molecule has 2 unspecified atom stereocenters. The van der Waals surface area contributed by atoms with Gasteiger partial charge < -0.3 is 10.2 Å². The molecule has 2 atom stereocenters. The molecule has 23 heavy (non-hydrogen) atoms. The zero-order valence-corrected chi connectivity index (χ0v) is 15.0. The number of aliphatic hydroxyl groups excluding tert-OH is 2. The Morgan fingerprint density at radius 2 is 1.26 bits per heavy atom. The molecule has 0 heterocycles. The second-order valence-corrected chi connectivity index (χ2v) is 6.55. The highest BCUT2D eigenvalue weighted by molar-refractivity contribution is 4.75. The third-order valence-corrected chi connectivity index (χ3v) is 4.43. The van der Waals surface area contributed by atoms with Crippen LogP contribution >= 0.6 is 0 Å². The summed E-state index contributed by atoms with van der Waals surface area (Å²) >= 11 is 0. The summed E-state index contributed by atoms with van der Waals surface area (Å²) in [6, 6.07) is -0.697. The van der Waals surface area contributed by atoms with E-state index >= 15 is 0 Å². The van der Waals surface area contributed by atoms with Gasteiger partial charge in [-0.05, 0) is 12.0 Å². The Hall–Kier alpha value is -0.770. The molecule has 0 saturated carbocycles. The largest absolute Gasteiger partial charge is 0.396 e. The molecule has 0 aromatic rings. The van der Waals surface area contributed by atoms with Crippen molar-refractivity contribution < 1.29 is 10.2 Å². The molecule has 0 radical (unpaired) electrons. The van der Waals surface area contributed by atoms with Crippen LogP contribution in [-0.4, -0.2) is 29.0 Å². The first-order valence-electron chi connectivity index (χ1n) is 9.59. The van der Waals surface area contributed by atoms with Crippen molar-refractivity contribution >= 4 is 0 Å². The first-order valence-corrected chi connectivity index (χ1v) is 9.59. The topological polar surface area (TPSA) is 89.2 Å². The first-order chi connectivity index (χ1) is 11.3. The normalized spacial score (nSPS) is 13.5. The van der Waals surface area contributed by atoms with Crippen LogP contribution in [0.3, 0.4) is 0 Å². The highest BCUT2D eigenvalue weighted by atomic mass is 16.3. The van der Waals surface area contributed by atoms with Crippen molar-refractivity contribution in [1.82, 2.24) is 0 Å². The molecule has 0 aliphatic heterocycles. The SMILES string of the molecule is CCCCCCCCCCCCCCCC(O)C(CO)N=[N+]=[N-]. The van der Waals surface area contributed by atoms with Gasteiger partial charge in [0.15, 0.2) is 0 Å². The first kappa shape index (κ1) is 22.2. The summed E-state index contributed by atoms with van der Waals surface area (Å²) in [7, 11) is 0. The molecular formula is C18H37N3O2. The smallest absolute Gasteiger partial charge is 0.0864 e. The lowest BCUT2D eigenvalue weighted by Crippen LogP contribution is -2.27. The van der Waals surface area contributed by atoms with Crippen molar-refractivity contribution in [2.75, 3.05) is 6.61 Å². The Morgan fingerprint density at radius 3 is 1.65 bits per heavy atom. The zero-order chi connectivity index (χ0) is 17.2. The molecule has 2 N–H and O–H groups in total. The van der Waals surface area contributed by atoms with E-state index in [2.05, 4.69) is 16.9 Å². The summed E-state index contributed by atoms with van der Waals surface area (Å²) in [4.78, 5) is 2.65. The predicted molar refractivity (Wildman–Crippen MR) is 96.3 cm³/mol. The Balaban J connectivity index is 3.28. The Morgan fingerprint density at radius 1 is 0.826 bits per heavy atom. The number of hydrogen-bond acceptors (Lipinski definition) is 3. The van der Waals surface area contributed by atoms with Crippen molar-refractivity contribution in [3.8, 4) is 0 Å². The van der Waals surface area contributed by atoms with E-state index in [0.717, 1.165) is 12.8 Å². The van der Waals surface area contributed by atoms with Crippen molar-refractivity contribution in [2.45, 2.75) is 109 Å². The molecule has 0 spiro atoms. The van der Waals surface area contributed by atoms with E-state index < -0.39 is 12.1 Å². The number of hydrogen-bond donors (Lipinski definition) is 2. The van der Waals surface area contributed by atoms with E-state index in [4.69, 9.17) is 10.6 Å². The minimum absolute atomic E-state index is 0.288. The molecule has 5 heteroatoms. The maximum absolute atomic E-state index is 9.79. The van der Waals surface area contributed by atoms with Crippen LogP contribution in [0.4, 0.5) is 0 Å². The predicted octanol–water partition coefficient (Wildman–Crippen LogP) is 5.50. The van der Waals surface area contributed by atoms with Crippen molar-refractivity contribution in [3.05, 3.63) is 10.4 Å². The monoisotopic (exact) mass is 327 g/mol. The average Bonchev–Trinajstić information content (AvgIpc) is 2.56. The Bertz CT molecular complexity index is 294. The lowest BCUT2D eigenvalue weighted by Gasteiger charge is -2.15. The van der Waals surface area contributed by atoms with Crippen molar-refractivity contribution in [1.29, 1.82) is 0 Å². The fourth-order valence-electron chi connectivity index (χ4n) is 2.87. The van der Waals surface area contributed by atoms with Gasteiger partial charge in [-0.2, -0.15) is 0 Å². The lowest BCUT2D eigenvalue weighted by molar-refractivity contribution is 0.0992. The van der Waals surface area contributed by atoms with Crippen LogP contribution in [0.1, 0.15) is 96.8 Å². The summed E-state index contributed by atoms with van der Waals surface area (Å²) in [5.41, 5.74) is 8.34. The van der Waals surface area contributed by atoms with Gasteiger partial charge in [0.2, 0.25) is 0 Å². The molecule has 5 nitrogen and oxygen atoms in total. The van der Waals surface area contributed by atoms with Crippen LogP contribution in [0.25, 0.3) is 10.4 Å². The van der Waals surface area contributed by atoms with Gasteiger partial charge in [-0.25, -0.2) is 0 Å². The van der Waals surface area contributed by atoms with Gasteiger partial charge in [-0.1, -0.05) is 95.5 Å². The number of unbranched alkanes of at least 4 members (excludes halogenated alkanes) is 12. The molecule has 0 saturated heterocycles. The summed E-state index contributed by atoms with van der Waals surface area (Å²) in [5, 5.41) is 22.2. The number of nitrogens with zero attached hydrogens (tertiary/aromatic N) is 3. The van der Waals surface area contributed by atoms with Gasteiger partial charge in [-0.15, -0.1) is 0 Å². The zero-order valence-electron chi connectivity index (χ0n) is 15.0. The van der Waals surface area contributed by atoms with E-state index in [9.17, 15) is 5.11 Å². The van der Waals surface area contributed by atoms with Crippen LogP contribution in [0.15, 0.2) is 5.11 Å². The van der Waals surface area contributed by atoms with Gasteiger partial charge in [0.05, 0.1) is 18.8 Å². The maximum Gasteiger partial charge on any atom is 0.0864 e. The van der Waals surface area contributed by atoms with Gasteiger partial charge in [0, 0.05) is 4.91 Å². The summed E-state index contributed by atoms with van der Waals surface area (Å²) in [5.74, 6) is 0. The number of rotatable bonds is 17. The fraction of sp³-hybridized carbons (Fsp3) is 1.00. The lowest BCUT2D eigenvalue weighted by atomic mass is 10.0. The molecule has 0 aromatic carbocycles. The van der Waals surface area contributed by atoms with Crippen LogP contribution in [0, 0.1) is 0 Å². The second kappa shape index (κ2) is 17.6. The molecule has 0 aromatic heterocycles. The summed E-state index contributed by atoms with van der Waals surface area (Å²) < 4.78 is 0. The molecule has 136 valence electrons. The fourth-order valence-corrected chi connectivity index (χ4v) is 2.87. The second-order valence-electron chi connectivity index (χ2n) is 6.55. The molecule has 0 bridgehead atoms. The van der Waals surface area contributed by atoms with Crippen LogP contribution in [0.2, 0.25) is 0 Å². The Kier molecular flexibility index (Phi) is 17.0. The summed E-state index contributed by atoms with van der Waals surface area (Å²) in [6.07, 6.45) is 16.7. The van der Waals surface area contributed by atoms with Crippen LogP contribution in [-0.2, 0) is 0 Å². The highest BCUT2D eigenvalue weighted by Crippen LogP contribution is 2.14. The molecular weight excluding hydrogens is 290 g/mol. The molecule has 0 rings (SSSR count). The van der Waals surface area contributed by atoms with Crippen molar-refractivity contribution in [3.63, 3.8) is 0 Å². The number of aliphatic hydroxyl groups is 2. The van der Waals surface area contributed by atoms with E-state index in [-0.39, 0.29) is 6.61 Å². The molecule has 0 aliphatic rings. The van der Waals surface area contributed by atoms with Gasteiger partial charge in [0.25, 0.3) is 0 Å². The number of azide groups is 1. The van der Waals surface area contributed by atoms with Gasteiger partial charge in [-0.3, -0.25) is 0 Å². The van der Waals surface area contributed by atoms with Crippen LogP contribution < -0.4 is 0 Å². The Labute approximate surface area is 142 Å². The third kappa shape index (κ3) is 14.5. The maximum atomic E-state index is 9.79. The van der Waals surface area contributed by atoms with Gasteiger partial charge in [0.1, 0.15) is 0 Å². The van der Waals surface area contributed by atoms with Crippen molar-refractivity contribution in [2.24, 2.45) is 5.11 Å². The van der Waals surface area contributed by atoms with E-state index in [1.807, 2.05) is 0 Å². The average molecular weight is 328 g/mol. The highest BCUT2D eigenvalue weighted by Gasteiger charge is 2.15. The third-order valence-electron chi connectivity index (χ3n) is 4.43. The minimum atomic E-state index is -0.719. The molecule has 0 amide bonds. The van der Waals surface area contributed by atoms with Gasteiger partial charge >= 0.3 is 0 Å². The van der Waals surface area contributed by atoms with E-state index in [0.29, 0.717) is 6.42 Å². The quantitative estimate of drug-likeness (QED) is 0.160. The summed E-state index contributed by atoms with van der Waals surface area (Å²) in [6.45, 7) is 1.97. The molecule has 0 aliphatic carbocycles. The molecule has 0 fully saturated rings. The van der Waals surface area contributed by atoms with E-state index in [1.165, 1.54) is 70.6 Å². The minimum Gasteiger partial charge on any atom is -0.396 e. The standard InChI is InChI=1S/C18H37N3O2/c1-2-3-4-5-6-7-8-9-10-11-12-13-14-15-18(23)17(16-22)20-21-19/h17-18,22-23H,2-16H2,1H3.